The molecular formula is C16H19Cl2FN2. The van der Waals surface area contributed by atoms with Gasteiger partial charge in [-0.15, -0.1) is 11.6 Å². The molecule has 1 saturated carbocycles. The summed E-state index contributed by atoms with van der Waals surface area (Å²) in [6.07, 6.45) is 6.36. The molecule has 1 aliphatic carbocycles. The number of rotatable bonds is 3. The molecule has 1 aliphatic rings. The molecule has 1 fully saturated rings. The smallest absolute Gasteiger partial charge is 0.144 e. The maximum absolute atomic E-state index is 13.6. The highest BCUT2D eigenvalue weighted by Gasteiger charge is 2.25. The Balaban J connectivity index is 2.08. The van der Waals surface area contributed by atoms with Gasteiger partial charge in [0.1, 0.15) is 11.6 Å². The van der Waals surface area contributed by atoms with E-state index in [-0.39, 0.29) is 5.02 Å². The molecule has 2 aromatic rings. The van der Waals surface area contributed by atoms with Gasteiger partial charge in [-0.05, 0) is 31.7 Å². The Labute approximate surface area is 134 Å². The summed E-state index contributed by atoms with van der Waals surface area (Å²) in [5.41, 5.74) is 1.52. The van der Waals surface area contributed by atoms with Crippen LogP contribution in [-0.2, 0) is 5.88 Å². The molecule has 114 valence electrons. The summed E-state index contributed by atoms with van der Waals surface area (Å²) in [6.45, 7) is 2.21. The predicted molar refractivity (Wildman–Crippen MR) is 85.5 cm³/mol. The van der Waals surface area contributed by atoms with Crippen LogP contribution < -0.4 is 0 Å². The number of imidazole rings is 1. The second kappa shape index (κ2) is 6.13. The van der Waals surface area contributed by atoms with Crippen LogP contribution in [0.5, 0.6) is 0 Å². The summed E-state index contributed by atoms with van der Waals surface area (Å²) >= 11 is 12.0. The quantitative estimate of drug-likeness (QED) is 0.660. The van der Waals surface area contributed by atoms with Gasteiger partial charge in [-0.3, -0.25) is 0 Å². The fraction of sp³-hybridized carbons (Fsp3) is 0.562. The van der Waals surface area contributed by atoms with Crippen molar-refractivity contribution in [3.05, 3.63) is 28.8 Å². The highest BCUT2D eigenvalue weighted by molar-refractivity contribution is 6.31. The number of aromatic nitrogens is 2. The topological polar surface area (TPSA) is 17.8 Å². The number of halogens is 3. The van der Waals surface area contributed by atoms with E-state index >= 15 is 0 Å². The molecule has 1 unspecified atom stereocenters. The third-order valence-electron chi connectivity index (χ3n) is 4.66. The monoisotopic (exact) mass is 328 g/mol. The van der Waals surface area contributed by atoms with E-state index in [0.717, 1.165) is 11.3 Å². The Kier molecular flexibility index (Phi) is 4.41. The largest absolute Gasteiger partial charge is 0.324 e. The van der Waals surface area contributed by atoms with E-state index in [1.165, 1.54) is 38.2 Å². The summed E-state index contributed by atoms with van der Waals surface area (Å²) in [5, 5.41) is 0.139. The highest BCUT2D eigenvalue weighted by atomic mass is 35.5. The lowest BCUT2D eigenvalue weighted by atomic mass is 9.84. The number of fused-ring (bicyclic) bond motifs is 1. The summed E-state index contributed by atoms with van der Waals surface area (Å²) in [4.78, 5) is 4.48. The minimum absolute atomic E-state index is 0.139. The number of alkyl halides is 1. The van der Waals surface area contributed by atoms with Crippen molar-refractivity contribution in [1.82, 2.24) is 9.55 Å². The van der Waals surface area contributed by atoms with E-state index in [9.17, 15) is 4.39 Å². The standard InChI is InChI=1S/C16H19Cl2FN2/c1-10(11-5-3-2-4-6-11)21-15-7-12(18)13(19)8-14(15)20-16(21)9-17/h7-8,10-11H,2-6,9H2,1H3. The summed E-state index contributed by atoms with van der Waals surface area (Å²) in [5.74, 6) is 1.32. The molecule has 0 aliphatic heterocycles. The molecule has 0 saturated heterocycles. The van der Waals surface area contributed by atoms with Crippen LogP contribution in [0.1, 0.15) is 50.9 Å². The molecule has 0 N–H and O–H groups in total. The lowest BCUT2D eigenvalue weighted by Gasteiger charge is -2.30. The van der Waals surface area contributed by atoms with E-state index in [0.29, 0.717) is 23.4 Å². The molecule has 0 amide bonds. The van der Waals surface area contributed by atoms with E-state index in [1.807, 2.05) is 0 Å². The van der Waals surface area contributed by atoms with Crippen LogP contribution in [0.15, 0.2) is 12.1 Å². The van der Waals surface area contributed by atoms with Crippen molar-refractivity contribution >= 4 is 34.2 Å². The molecule has 0 bridgehead atoms. The second-order valence-corrected chi connectivity index (χ2v) is 6.60. The zero-order valence-corrected chi connectivity index (χ0v) is 13.6. The zero-order chi connectivity index (χ0) is 15.0. The molecule has 5 heteroatoms. The maximum Gasteiger partial charge on any atom is 0.144 e. The Hall–Kier alpha value is -0.800. The first-order valence-corrected chi connectivity index (χ1v) is 8.45. The van der Waals surface area contributed by atoms with E-state index in [4.69, 9.17) is 23.2 Å². The van der Waals surface area contributed by atoms with Crippen LogP contribution in [0.25, 0.3) is 11.0 Å². The van der Waals surface area contributed by atoms with E-state index in [1.54, 1.807) is 6.07 Å². The van der Waals surface area contributed by atoms with Crippen LogP contribution in [0.4, 0.5) is 4.39 Å². The number of nitrogens with zero attached hydrogens (tertiary/aromatic N) is 2. The first kappa shape index (κ1) is 15.1. The van der Waals surface area contributed by atoms with E-state index < -0.39 is 5.82 Å². The van der Waals surface area contributed by atoms with Crippen molar-refractivity contribution in [2.75, 3.05) is 0 Å². The highest BCUT2D eigenvalue weighted by Crippen LogP contribution is 2.36. The Morgan fingerprint density at radius 2 is 2.05 bits per heavy atom. The minimum atomic E-state index is -0.430. The lowest BCUT2D eigenvalue weighted by Crippen LogP contribution is -2.20. The number of benzene rings is 1. The fourth-order valence-electron chi connectivity index (χ4n) is 3.52. The van der Waals surface area contributed by atoms with Crippen LogP contribution >= 0.6 is 23.2 Å². The average molecular weight is 329 g/mol. The fourth-order valence-corrected chi connectivity index (χ4v) is 3.86. The molecule has 21 heavy (non-hydrogen) atoms. The third-order valence-corrected chi connectivity index (χ3v) is 5.19. The molecule has 0 radical (unpaired) electrons. The van der Waals surface area contributed by atoms with Gasteiger partial charge < -0.3 is 4.57 Å². The van der Waals surface area contributed by atoms with Gasteiger partial charge in [-0.2, -0.15) is 0 Å². The summed E-state index contributed by atoms with van der Waals surface area (Å²) in [6, 6.07) is 3.39. The number of hydrogen-bond acceptors (Lipinski definition) is 1. The molecular weight excluding hydrogens is 310 g/mol. The second-order valence-electron chi connectivity index (χ2n) is 5.93. The van der Waals surface area contributed by atoms with Gasteiger partial charge in [0.05, 0.1) is 21.9 Å². The Bertz CT molecular complexity index is 647. The van der Waals surface area contributed by atoms with Gasteiger partial charge in [0.25, 0.3) is 0 Å². The average Bonchev–Trinajstić information content (AvgIpc) is 2.85. The van der Waals surface area contributed by atoms with Gasteiger partial charge >= 0.3 is 0 Å². The molecule has 1 aromatic carbocycles. The summed E-state index contributed by atoms with van der Waals surface area (Å²) < 4.78 is 15.8. The van der Waals surface area contributed by atoms with Crippen LogP contribution in [0.2, 0.25) is 5.02 Å². The SMILES string of the molecule is CC(C1CCCCC1)n1c(CCl)nc2cc(F)c(Cl)cc21. The first-order valence-electron chi connectivity index (χ1n) is 7.53. The van der Waals surface area contributed by atoms with Crippen LogP contribution in [0.3, 0.4) is 0 Å². The third kappa shape index (κ3) is 2.78. The number of hydrogen-bond donors (Lipinski definition) is 0. The molecule has 1 atom stereocenters. The molecule has 3 rings (SSSR count). The van der Waals surface area contributed by atoms with Crippen molar-refractivity contribution < 1.29 is 4.39 Å². The van der Waals surface area contributed by atoms with Gasteiger partial charge in [0.2, 0.25) is 0 Å². The maximum atomic E-state index is 13.6. The van der Waals surface area contributed by atoms with Crippen molar-refractivity contribution in [2.45, 2.75) is 50.9 Å². The summed E-state index contributed by atoms with van der Waals surface area (Å²) in [7, 11) is 0. The van der Waals surface area contributed by atoms with E-state index in [2.05, 4.69) is 16.5 Å². The molecule has 2 nitrogen and oxygen atoms in total. The lowest BCUT2D eigenvalue weighted by molar-refractivity contribution is 0.265. The van der Waals surface area contributed by atoms with Crippen molar-refractivity contribution in [3.63, 3.8) is 0 Å². The Morgan fingerprint density at radius 3 is 2.71 bits per heavy atom. The minimum Gasteiger partial charge on any atom is -0.324 e. The molecule has 1 heterocycles. The van der Waals surface area contributed by atoms with Crippen molar-refractivity contribution in [1.29, 1.82) is 0 Å². The zero-order valence-electron chi connectivity index (χ0n) is 12.1. The molecule has 1 aromatic heterocycles. The van der Waals surface area contributed by atoms with Crippen molar-refractivity contribution in [2.24, 2.45) is 5.92 Å². The van der Waals surface area contributed by atoms with Crippen LogP contribution in [0, 0.1) is 11.7 Å². The van der Waals surface area contributed by atoms with Crippen LogP contribution in [-0.4, -0.2) is 9.55 Å². The Morgan fingerprint density at radius 1 is 1.33 bits per heavy atom. The molecule has 0 spiro atoms. The normalized spacial score (nSPS) is 18.3. The van der Waals surface area contributed by atoms with Gasteiger partial charge in [0, 0.05) is 12.1 Å². The van der Waals surface area contributed by atoms with Gasteiger partial charge in [0.15, 0.2) is 0 Å². The predicted octanol–water partition coefficient (Wildman–Crippen LogP) is 5.71. The first-order chi connectivity index (χ1) is 10.1. The van der Waals surface area contributed by atoms with Gasteiger partial charge in [-0.1, -0.05) is 30.9 Å². The van der Waals surface area contributed by atoms with Gasteiger partial charge in [-0.25, -0.2) is 9.37 Å². The van der Waals surface area contributed by atoms with Crippen molar-refractivity contribution in [3.8, 4) is 0 Å².